The van der Waals surface area contributed by atoms with Crippen molar-refractivity contribution in [3.63, 3.8) is 0 Å². The molecule has 0 aromatic heterocycles. The van der Waals surface area contributed by atoms with E-state index in [9.17, 15) is 20.1 Å². The van der Waals surface area contributed by atoms with Gasteiger partial charge in [-0.25, -0.2) is 0 Å². The summed E-state index contributed by atoms with van der Waals surface area (Å²) in [5.74, 6) is 4.47. The molecule has 0 fully saturated rings. The molecule has 168 valence electrons. The molecule has 0 aromatic rings. The SMILES string of the molecule is CC(O)C(CCCCCCCCCCCCCCC(=O)ON)(C(C)O)C(C)O. The second-order valence-electron chi connectivity index (χ2n) is 8.37. The van der Waals surface area contributed by atoms with Gasteiger partial charge in [-0.1, -0.05) is 70.6 Å². The number of carbonyl (C=O) groups excluding carboxylic acids is 1. The predicted molar refractivity (Wildman–Crippen MR) is 112 cm³/mol. The van der Waals surface area contributed by atoms with Crippen molar-refractivity contribution in [2.75, 3.05) is 0 Å². The van der Waals surface area contributed by atoms with Gasteiger partial charge in [0.15, 0.2) is 0 Å². The number of carbonyl (C=O) groups is 1. The molecule has 0 saturated heterocycles. The fourth-order valence-electron chi connectivity index (χ4n) is 4.20. The van der Waals surface area contributed by atoms with E-state index in [1.165, 1.54) is 38.5 Å². The van der Waals surface area contributed by atoms with Crippen LogP contribution in [0.3, 0.4) is 0 Å². The monoisotopic (exact) mass is 403 g/mol. The average molecular weight is 404 g/mol. The van der Waals surface area contributed by atoms with Crippen LogP contribution in [0.25, 0.3) is 0 Å². The van der Waals surface area contributed by atoms with Crippen molar-refractivity contribution in [2.45, 2.75) is 129 Å². The molecule has 3 unspecified atom stereocenters. The molecule has 0 saturated carbocycles. The zero-order chi connectivity index (χ0) is 21.4. The minimum Gasteiger partial charge on any atom is -0.393 e. The highest BCUT2D eigenvalue weighted by atomic mass is 16.7. The van der Waals surface area contributed by atoms with E-state index in [1.807, 2.05) is 0 Å². The van der Waals surface area contributed by atoms with Crippen molar-refractivity contribution in [2.24, 2.45) is 11.3 Å². The maximum atomic E-state index is 10.9. The first kappa shape index (κ1) is 27.3. The van der Waals surface area contributed by atoms with Crippen LogP contribution in [0.15, 0.2) is 0 Å². The summed E-state index contributed by atoms with van der Waals surface area (Å²) in [6, 6.07) is 0. The maximum absolute atomic E-state index is 10.9. The summed E-state index contributed by atoms with van der Waals surface area (Å²) in [6.45, 7) is 4.98. The largest absolute Gasteiger partial charge is 0.393 e. The number of hydrogen-bond donors (Lipinski definition) is 4. The number of unbranched alkanes of at least 4 members (excludes halogenated alkanes) is 11. The molecule has 0 aliphatic rings. The van der Waals surface area contributed by atoms with Gasteiger partial charge < -0.3 is 20.2 Å². The minimum atomic E-state index is -0.829. The summed E-state index contributed by atoms with van der Waals surface area (Å²) in [5.41, 5.74) is -0.829. The van der Waals surface area contributed by atoms with Crippen molar-refractivity contribution >= 4 is 5.97 Å². The van der Waals surface area contributed by atoms with Crippen LogP contribution in [0.2, 0.25) is 0 Å². The lowest BCUT2D eigenvalue weighted by Crippen LogP contribution is -2.50. The first-order valence-corrected chi connectivity index (χ1v) is 11.2. The van der Waals surface area contributed by atoms with E-state index in [0.29, 0.717) is 12.8 Å². The van der Waals surface area contributed by atoms with Crippen LogP contribution < -0.4 is 5.90 Å². The molecular formula is C22H45NO5. The van der Waals surface area contributed by atoms with Crippen molar-refractivity contribution in [1.29, 1.82) is 0 Å². The quantitative estimate of drug-likeness (QED) is 0.203. The molecule has 3 atom stereocenters. The Bertz CT molecular complexity index is 363. The van der Waals surface area contributed by atoms with Gasteiger partial charge in [-0.3, -0.25) is 4.79 Å². The van der Waals surface area contributed by atoms with Crippen LogP contribution in [0.5, 0.6) is 0 Å². The van der Waals surface area contributed by atoms with Gasteiger partial charge in [0.2, 0.25) is 0 Å². The van der Waals surface area contributed by atoms with Gasteiger partial charge in [0.25, 0.3) is 0 Å². The smallest absolute Gasteiger partial charge is 0.324 e. The van der Waals surface area contributed by atoms with Crippen molar-refractivity contribution in [3.05, 3.63) is 0 Å². The summed E-state index contributed by atoms with van der Waals surface area (Å²) in [5, 5.41) is 30.3. The van der Waals surface area contributed by atoms with Gasteiger partial charge in [0.05, 0.1) is 18.3 Å². The second-order valence-corrected chi connectivity index (χ2v) is 8.37. The van der Waals surface area contributed by atoms with Gasteiger partial charge in [0.1, 0.15) is 0 Å². The van der Waals surface area contributed by atoms with Gasteiger partial charge in [-0.15, -0.1) is 0 Å². The molecule has 6 nitrogen and oxygen atoms in total. The van der Waals surface area contributed by atoms with Crippen LogP contribution in [0, 0.1) is 5.41 Å². The number of rotatable bonds is 18. The highest BCUT2D eigenvalue weighted by Gasteiger charge is 2.43. The van der Waals surface area contributed by atoms with E-state index in [0.717, 1.165) is 38.5 Å². The van der Waals surface area contributed by atoms with E-state index in [4.69, 9.17) is 5.90 Å². The third-order valence-corrected chi connectivity index (χ3v) is 6.21. The fraction of sp³-hybridized carbons (Fsp3) is 0.955. The fourth-order valence-corrected chi connectivity index (χ4v) is 4.20. The van der Waals surface area contributed by atoms with Gasteiger partial charge >= 0.3 is 5.97 Å². The maximum Gasteiger partial charge on any atom is 0.324 e. The molecule has 0 bridgehead atoms. The van der Waals surface area contributed by atoms with Crippen LogP contribution in [-0.2, 0) is 9.63 Å². The standard InChI is InChI=1S/C22H45NO5/c1-18(24)22(19(2)25,20(3)26)17-15-13-11-9-7-5-4-6-8-10-12-14-16-21(27)28-23/h18-20,24-26H,4-17,23H2,1-3H3. The molecule has 0 aromatic carbocycles. The highest BCUT2D eigenvalue weighted by Crippen LogP contribution is 2.37. The molecule has 0 radical (unpaired) electrons. The Hall–Kier alpha value is -0.690. The first-order valence-electron chi connectivity index (χ1n) is 11.2. The van der Waals surface area contributed by atoms with Crippen LogP contribution >= 0.6 is 0 Å². The highest BCUT2D eigenvalue weighted by molar-refractivity contribution is 5.68. The van der Waals surface area contributed by atoms with Crippen LogP contribution in [0.1, 0.15) is 111 Å². The Morgan fingerprint density at radius 1 is 0.714 bits per heavy atom. The average Bonchev–Trinajstić information content (AvgIpc) is 2.63. The van der Waals surface area contributed by atoms with E-state index < -0.39 is 23.7 Å². The van der Waals surface area contributed by atoms with E-state index >= 15 is 0 Å². The Morgan fingerprint density at radius 3 is 1.36 bits per heavy atom. The Morgan fingerprint density at radius 2 is 1.04 bits per heavy atom. The Balaban J connectivity index is 3.61. The summed E-state index contributed by atoms with van der Waals surface area (Å²) >= 11 is 0. The van der Waals surface area contributed by atoms with Crippen molar-refractivity contribution in [1.82, 2.24) is 0 Å². The zero-order valence-corrected chi connectivity index (χ0v) is 18.4. The normalized spacial score (nSPS) is 17.0. The van der Waals surface area contributed by atoms with Crippen LogP contribution in [-0.4, -0.2) is 39.6 Å². The lowest BCUT2D eigenvalue weighted by atomic mass is 9.70. The molecule has 0 amide bonds. The molecule has 0 spiro atoms. The molecular weight excluding hydrogens is 358 g/mol. The third-order valence-electron chi connectivity index (χ3n) is 6.21. The van der Waals surface area contributed by atoms with Crippen molar-refractivity contribution in [3.8, 4) is 0 Å². The molecule has 5 N–H and O–H groups in total. The second kappa shape index (κ2) is 16.1. The predicted octanol–water partition coefficient (Wildman–Crippen LogP) is 3.99. The van der Waals surface area contributed by atoms with E-state index in [1.54, 1.807) is 20.8 Å². The van der Waals surface area contributed by atoms with Gasteiger partial charge in [0, 0.05) is 11.8 Å². The Kier molecular flexibility index (Phi) is 15.7. The lowest BCUT2D eigenvalue weighted by Gasteiger charge is -2.42. The number of aliphatic hydroxyl groups is 3. The van der Waals surface area contributed by atoms with E-state index in [2.05, 4.69) is 4.84 Å². The summed E-state index contributed by atoms with van der Waals surface area (Å²) in [6.07, 6.45) is 12.5. The first-order chi connectivity index (χ1) is 13.3. The molecule has 28 heavy (non-hydrogen) atoms. The molecule has 0 heterocycles. The van der Waals surface area contributed by atoms with Gasteiger partial charge in [-0.05, 0) is 33.6 Å². The van der Waals surface area contributed by atoms with E-state index in [-0.39, 0.29) is 5.97 Å². The lowest BCUT2D eigenvalue weighted by molar-refractivity contribution is -0.144. The zero-order valence-electron chi connectivity index (χ0n) is 18.4. The number of nitrogens with two attached hydrogens (primary N) is 1. The third kappa shape index (κ3) is 10.7. The molecule has 0 aliphatic heterocycles. The van der Waals surface area contributed by atoms with Crippen LogP contribution in [0.4, 0.5) is 0 Å². The van der Waals surface area contributed by atoms with Crippen molar-refractivity contribution < 1.29 is 25.0 Å². The summed E-state index contributed by atoms with van der Waals surface area (Å²) < 4.78 is 0. The summed E-state index contributed by atoms with van der Waals surface area (Å²) in [7, 11) is 0. The van der Waals surface area contributed by atoms with Gasteiger partial charge in [-0.2, -0.15) is 5.90 Å². The molecule has 0 rings (SSSR count). The number of aliphatic hydroxyl groups excluding tert-OH is 3. The minimum absolute atomic E-state index is 0.326. The molecule has 6 heteroatoms. The Labute approximate surface area is 171 Å². The summed E-state index contributed by atoms with van der Waals surface area (Å²) in [4.78, 5) is 15.0. The topological polar surface area (TPSA) is 113 Å². The molecule has 0 aliphatic carbocycles. The number of hydrogen-bond acceptors (Lipinski definition) is 6.